The lowest BCUT2D eigenvalue weighted by Gasteiger charge is -2.39. The molecule has 3 rings (SSSR count). The number of likely N-dealkylation sites (tertiary alicyclic amines) is 1. The standard InChI is InChI=1S/C20H23N3O3/c1-23-9-5-8-15(18(23)14-6-3-2-4-7-14)13-22-19(24)16-10-17(20(25)26)12-21-11-16/h2-4,6-7,10-12,15,18H,5,8-9,13H2,1H3,(H,22,24)(H,25,26)/t15-,18-/m1/s1. The lowest BCUT2D eigenvalue weighted by atomic mass is 9.85. The van der Waals surface area contributed by atoms with Crippen molar-refractivity contribution in [3.63, 3.8) is 0 Å². The van der Waals surface area contributed by atoms with Gasteiger partial charge in [0.1, 0.15) is 0 Å². The molecule has 2 atom stereocenters. The third-order valence-electron chi connectivity index (χ3n) is 4.92. The van der Waals surface area contributed by atoms with Gasteiger partial charge in [0.2, 0.25) is 0 Å². The molecule has 0 aliphatic carbocycles. The van der Waals surface area contributed by atoms with Crippen LogP contribution in [0.3, 0.4) is 0 Å². The second-order valence-electron chi connectivity index (χ2n) is 6.72. The van der Waals surface area contributed by atoms with Crippen LogP contribution in [0.25, 0.3) is 0 Å². The number of piperidine rings is 1. The highest BCUT2D eigenvalue weighted by Gasteiger charge is 2.30. The molecule has 1 aliphatic rings. The Labute approximate surface area is 152 Å². The van der Waals surface area contributed by atoms with Crippen molar-refractivity contribution in [3.05, 3.63) is 65.5 Å². The number of hydrogen-bond acceptors (Lipinski definition) is 4. The zero-order chi connectivity index (χ0) is 18.5. The summed E-state index contributed by atoms with van der Waals surface area (Å²) < 4.78 is 0. The van der Waals surface area contributed by atoms with E-state index in [1.54, 1.807) is 0 Å². The second kappa shape index (κ2) is 8.10. The van der Waals surface area contributed by atoms with Crippen LogP contribution >= 0.6 is 0 Å². The van der Waals surface area contributed by atoms with Gasteiger partial charge in [0.25, 0.3) is 5.91 Å². The third kappa shape index (κ3) is 4.08. The van der Waals surface area contributed by atoms with Crippen LogP contribution in [0.4, 0.5) is 0 Å². The van der Waals surface area contributed by atoms with Crippen molar-refractivity contribution in [1.82, 2.24) is 15.2 Å². The molecule has 1 aliphatic heterocycles. The molecule has 0 unspecified atom stereocenters. The van der Waals surface area contributed by atoms with Gasteiger partial charge in [0, 0.05) is 25.0 Å². The first-order valence-electron chi connectivity index (χ1n) is 8.78. The van der Waals surface area contributed by atoms with E-state index < -0.39 is 5.97 Å². The highest BCUT2D eigenvalue weighted by atomic mass is 16.4. The highest BCUT2D eigenvalue weighted by molar-refractivity contribution is 5.96. The molecular formula is C20H23N3O3. The molecule has 0 bridgehead atoms. The number of benzene rings is 1. The smallest absolute Gasteiger partial charge is 0.337 e. The van der Waals surface area contributed by atoms with Gasteiger partial charge in [-0.2, -0.15) is 0 Å². The number of carboxylic acids is 1. The Kier molecular flexibility index (Phi) is 5.63. The molecule has 1 aromatic heterocycles. The molecule has 2 heterocycles. The van der Waals surface area contributed by atoms with E-state index in [1.807, 2.05) is 18.2 Å². The Morgan fingerprint density at radius 3 is 2.69 bits per heavy atom. The van der Waals surface area contributed by atoms with Crippen molar-refractivity contribution in [3.8, 4) is 0 Å². The van der Waals surface area contributed by atoms with Crippen molar-refractivity contribution in [2.24, 2.45) is 5.92 Å². The lowest BCUT2D eigenvalue weighted by Crippen LogP contribution is -2.41. The van der Waals surface area contributed by atoms with Crippen molar-refractivity contribution >= 4 is 11.9 Å². The molecule has 0 radical (unpaired) electrons. The van der Waals surface area contributed by atoms with E-state index in [0.29, 0.717) is 12.5 Å². The number of pyridine rings is 1. The number of carbonyl (C=O) groups excluding carboxylic acids is 1. The minimum absolute atomic E-state index is 0.0113. The molecule has 1 aromatic carbocycles. The summed E-state index contributed by atoms with van der Waals surface area (Å²) in [6, 6.07) is 11.9. The SMILES string of the molecule is CN1CCC[C@H](CNC(=O)c2cncc(C(=O)O)c2)[C@H]1c1ccccc1. The van der Waals surface area contributed by atoms with Crippen molar-refractivity contribution in [1.29, 1.82) is 0 Å². The van der Waals surface area contributed by atoms with Crippen LogP contribution in [-0.2, 0) is 0 Å². The summed E-state index contributed by atoms with van der Waals surface area (Å²) in [4.78, 5) is 29.7. The van der Waals surface area contributed by atoms with E-state index in [9.17, 15) is 9.59 Å². The summed E-state index contributed by atoms with van der Waals surface area (Å²) in [6.07, 6.45) is 4.76. The summed E-state index contributed by atoms with van der Waals surface area (Å²) in [6.45, 7) is 1.58. The van der Waals surface area contributed by atoms with Gasteiger partial charge in [-0.3, -0.25) is 14.7 Å². The fourth-order valence-electron chi connectivity index (χ4n) is 3.66. The van der Waals surface area contributed by atoms with Crippen molar-refractivity contribution in [2.45, 2.75) is 18.9 Å². The average molecular weight is 353 g/mol. The van der Waals surface area contributed by atoms with Crippen LogP contribution in [0.15, 0.2) is 48.8 Å². The van der Waals surface area contributed by atoms with E-state index in [1.165, 1.54) is 24.0 Å². The maximum absolute atomic E-state index is 12.4. The normalized spacial score (nSPS) is 20.5. The number of carboxylic acid groups (broad SMARTS) is 1. The minimum atomic E-state index is -1.09. The van der Waals surface area contributed by atoms with E-state index in [4.69, 9.17) is 5.11 Å². The number of aromatic nitrogens is 1. The van der Waals surface area contributed by atoms with E-state index >= 15 is 0 Å². The summed E-state index contributed by atoms with van der Waals surface area (Å²) in [5, 5.41) is 12.0. The number of aromatic carboxylic acids is 1. The Hall–Kier alpha value is -2.73. The first-order chi connectivity index (χ1) is 12.6. The molecule has 0 saturated carbocycles. The average Bonchev–Trinajstić information content (AvgIpc) is 2.67. The quantitative estimate of drug-likeness (QED) is 0.863. The highest BCUT2D eigenvalue weighted by Crippen LogP contribution is 2.34. The van der Waals surface area contributed by atoms with Gasteiger partial charge in [0.05, 0.1) is 11.1 Å². The molecular weight excluding hydrogens is 330 g/mol. The number of rotatable bonds is 5. The number of nitrogens with zero attached hydrogens (tertiary/aromatic N) is 2. The molecule has 6 heteroatoms. The van der Waals surface area contributed by atoms with Gasteiger partial charge in [-0.25, -0.2) is 4.79 Å². The fraction of sp³-hybridized carbons (Fsp3) is 0.350. The number of hydrogen-bond donors (Lipinski definition) is 2. The van der Waals surface area contributed by atoms with E-state index in [2.05, 4.69) is 34.4 Å². The van der Waals surface area contributed by atoms with Gasteiger partial charge in [-0.15, -0.1) is 0 Å². The van der Waals surface area contributed by atoms with Gasteiger partial charge >= 0.3 is 5.97 Å². The maximum atomic E-state index is 12.4. The molecule has 0 spiro atoms. The van der Waals surface area contributed by atoms with Crippen LogP contribution in [-0.4, -0.2) is 47.0 Å². The molecule has 2 N–H and O–H groups in total. The largest absolute Gasteiger partial charge is 0.478 e. The van der Waals surface area contributed by atoms with Crippen LogP contribution < -0.4 is 5.32 Å². The van der Waals surface area contributed by atoms with Crippen LogP contribution in [0.1, 0.15) is 45.2 Å². The fourth-order valence-corrected chi connectivity index (χ4v) is 3.66. The van der Waals surface area contributed by atoms with Crippen LogP contribution in [0.5, 0.6) is 0 Å². The molecule has 1 saturated heterocycles. The first-order valence-corrected chi connectivity index (χ1v) is 8.78. The predicted molar refractivity (Wildman–Crippen MR) is 98.1 cm³/mol. The second-order valence-corrected chi connectivity index (χ2v) is 6.72. The lowest BCUT2D eigenvalue weighted by molar-refractivity contribution is 0.0696. The summed E-state index contributed by atoms with van der Waals surface area (Å²) in [7, 11) is 2.12. The first kappa shape index (κ1) is 18.1. The zero-order valence-corrected chi connectivity index (χ0v) is 14.8. The Morgan fingerprint density at radius 1 is 1.23 bits per heavy atom. The summed E-state index contributed by atoms with van der Waals surface area (Å²) in [5.74, 6) is -1.08. The minimum Gasteiger partial charge on any atom is -0.478 e. The molecule has 6 nitrogen and oxygen atoms in total. The summed E-state index contributed by atoms with van der Waals surface area (Å²) in [5.41, 5.74) is 1.53. The Morgan fingerprint density at radius 2 is 1.96 bits per heavy atom. The van der Waals surface area contributed by atoms with Crippen molar-refractivity contribution in [2.75, 3.05) is 20.1 Å². The van der Waals surface area contributed by atoms with Gasteiger partial charge in [-0.05, 0) is 44.0 Å². The molecule has 1 amide bonds. The van der Waals surface area contributed by atoms with Crippen molar-refractivity contribution < 1.29 is 14.7 Å². The monoisotopic (exact) mass is 353 g/mol. The van der Waals surface area contributed by atoms with Crippen LogP contribution in [0.2, 0.25) is 0 Å². The Bertz CT molecular complexity index is 779. The van der Waals surface area contributed by atoms with Gasteiger partial charge in [0.15, 0.2) is 0 Å². The molecule has 26 heavy (non-hydrogen) atoms. The topological polar surface area (TPSA) is 82.5 Å². The number of carbonyl (C=O) groups is 2. The third-order valence-corrected chi connectivity index (χ3v) is 4.92. The maximum Gasteiger partial charge on any atom is 0.337 e. The number of amides is 1. The molecule has 1 fully saturated rings. The van der Waals surface area contributed by atoms with E-state index in [-0.39, 0.29) is 23.1 Å². The summed E-state index contributed by atoms with van der Waals surface area (Å²) >= 11 is 0. The predicted octanol–water partition coefficient (Wildman–Crippen LogP) is 2.59. The van der Waals surface area contributed by atoms with Crippen LogP contribution in [0, 0.1) is 5.92 Å². The Balaban J connectivity index is 1.70. The molecule has 136 valence electrons. The van der Waals surface area contributed by atoms with Gasteiger partial charge < -0.3 is 10.4 Å². The van der Waals surface area contributed by atoms with E-state index in [0.717, 1.165) is 19.4 Å². The zero-order valence-electron chi connectivity index (χ0n) is 14.8. The molecule has 2 aromatic rings. The van der Waals surface area contributed by atoms with Gasteiger partial charge in [-0.1, -0.05) is 30.3 Å². The number of nitrogens with one attached hydrogen (secondary N) is 1.